The van der Waals surface area contributed by atoms with Crippen LogP contribution in [0.1, 0.15) is 25.7 Å². The Morgan fingerprint density at radius 1 is 1.00 bits per heavy atom. The van der Waals surface area contributed by atoms with Gasteiger partial charge in [-0.3, -0.25) is 9.59 Å². The van der Waals surface area contributed by atoms with Crippen molar-refractivity contribution in [3.63, 3.8) is 0 Å². The zero-order chi connectivity index (χ0) is 12.5. The maximum absolute atomic E-state index is 11.6. The lowest BCUT2D eigenvalue weighted by Crippen LogP contribution is -2.12. The van der Waals surface area contributed by atoms with Crippen LogP contribution in [0, 0.1) is 11.8 Å². The second-order valence-corrected chi connectivity index (χ2v) is 6.06. The molecule has 2 saturated carbocycles. The van der Waals surface area contributed by atoms with E-state index in [4.69, 9.17) is 0 Å². The highest BCUT2D eigenvalue weighted by Gasteiger charge is 2.30. The molecule has 0 radical (unpaired) electrons. The van der Waals surface area contributed by atoms with Gasteiger partial charge in [0.15, 0.2) is 5.12 Å². The third-order valence-corrected chi connectivity index (χ3v) is 4.24. The summed E-state index contributed by atoms with van der Waals surface area (Å²) in [5.74, 6) is 0.615. The zero-order valence-electron chi connectivity index (χ0n) is 10.0. The van der Waals surface area contributed by atoms with Gasteiger partial charge in [-0.2, -0.15) is 0 Å². The first-order valence-corrected chi connectivity index (χ1v) is 7.16. The van der Waals surface area contributed by atoms with Crippen LogP contribution in [0.5, 0.6) is 0 Å². The smallest absolute Gasteiger partial charge is 0.227 e. The van der Waals surface area contributed by atoms with Crippen LogP contribution in [-0.2, 0) is 9.59 Å². The van der Waals surface area contributed by atoms with Gasteiger partial charge in [-0.05, 0) is 49.9 Å². The Morgan fingerprint density at radius 2 is 1.61 bits per heavy atom. The van der Waals surface area contributed by atoms with E-state index in [1.165, 1.54) is 11.8 Å². The molecule has 2 aliphatic rings. The average Bonchev–Trinajstić information content (AvgIpc) is 3.22. The van der Waals surface area contributed by atoms with Crippen LogP contribution in [0.4, 0.5) is 5.69 Å². The van der Waals surface area contributed by atoms with Gasteiger partial charge in [-0.15, -0.1) is 0 Å². The second kappa shape index (κ2) is 4.76. The van der Waals surface area contributed by atoms with E-state index in [0.29, 0.717) is 0 Å². The summed E-state index contributed by atoms with van der Waals surface area (Å²) in [4.78, 5) is 24.1. The molecule has 1 aromatic rings. The molecule has 0 saturated heterocycles. The molecule has 4 heteroatoms. The summed E-state index contributed by atoms with van der Waals surface area (Å²) in [6, 6.07) is 7.52. The lowest BCUT2D eigenvalue weighted by molar-refractivity contribution is -0.117. The molecule has 0 bridgehead atoms. The molecule has 0 aliphatic heterocycles. The number of amides is 1. The number of carbonyl (C=O) groups is 2. The van der Waals surface area contributed by atoms with Gasteiger partial charge in [0.2, 0.25) is 5.91 Å². The quantitative estimate of drug-likeness (QED) is 0.847. The Kier molecular flexibility index (Phi) is 3.12. The summed E-state index contributed by atoms with van der Waals surface area (Å²) in [6.07, 6.45) is 4.11. The van der Waals surface area contributed by atoms with Crippen LogP contribution in [-0.4, -0.2) is 11.0 Å². The van der Waals surface area contributed by atoms with Gasteiger partial charge >= 0.3 is 0 Å². The number of carbonyl (C=O) groups excluding carboxylic acids is 2. The normalized spacial score (nSPS) is 18.4. The molecule has 3 rings (SSSR count). The summed E-state index contributed by atoms with van der Waals surface area (Å²) in [6.45, 7) is 0. The van der Waals surface area contributed by atoms with Gasteiger partial charge in [-0.25, -0.2) is 0 Å². The maximum atomic E-state index is 11.6. The van der Waals surface area contributed by atoms with E-state index in [-0.39, 0.29) is 22.9 Å². The second-order valence-electron chi connectivity index (χ2n) is 4.98. The molecule has 1 aromatic carbocycles. The van der Waals surface area contributed by atoms with Crippen molar-refractivity contribution in [1.82, 2.24) is 0 Å². The molecule has 94 valence electrons. The molecule has 0 heterocycles. The SMILES string of the molecule is O=C(Nc1ccc(SC(=O)C2CC2)cc1)C1CC1. The standard InChI is InChI=1S/C14H15NO2S/c16-13(9-1-2-9)15-11-5-7-12(8-6-11)18-14(17)10-3-4-10/h5-10H,1-4H2,(H,15,16). The molecule has 0 aromatic heterocycles. The van der Waals surface area contributed by atoms with Crippen LogP contribution in [0.25, 0.3) is 0 Å². The number of hydrogen-bond donors (Lipinski definition) is 1. The number of thioether (sulfide) groups is 1. The first-order valence-electron chi connectivity index (χ1n) is 6.35. The molecule has 0 unspecified atom stereocenters. The van der Waals surface area contributed by atoms with E-state index in [2.05, 4.69) is 5.32 Å². The minimum atomic E-state index is 0.115. The number of hydrogen-bond acceptors (Lipinski definition) is 3. The summed E-state index contributed by atoms with van der Waals surface area (Å²) in [7, 11) is 0. The van der Waals surface area contributed by atoms with E-state index >= 15 is 0 Å². The van der Waals surface area contributed by atoms with E-state index in [0.717, 1.165) is 36.3 Å². The van der Waals surface area contributed by atoms with Crippen molar-refractivity contribution in [2.45, 2.75) is 30.6 Å². The summed E-state index contributed by atoms with van der Waals surface area (Å²) < 4.78 is 0. The van der Waals surface area contributed by atoms with Gasteiger partial charge in [-0.1, -0.05) is 11.8 Å². The Balaban J connectivity index is 1.57. The predicted octanol–water partition coefficient (Wildman–Crippen LogP) is 3.06. The first kappa shape index (κ1) is 11.8. The molecule has 2 fully saturated rings. The Hall–Kier alpha value is -1.29. The lowest BCUT2D eigenvalue weighted by atomic mass is 10.3. The van der Waals surface area contributed by atoms with Gasteiger partial charge in [0.05, 0.1) is 0 Å². The van der Waals surface area contributed by atoms with Gasteiger partial charge < -0.3 is 5.32 Å². The highest BCUT2D eigenvalue weighted by atomic mass is 32.2. The molecular weight excluding hydrogens is 246 g/mol. The molecule has 1 N–H and O–H groups in total. The monoisotopic (exact) mass is 261 g/mol. The Bertz CT molecular complexity index is 430. The van der Waals surface area contributed by atoms with Crippen LogP contribution in [0.3, 0.4) is 0 Å². The van der Waals surface area contributed by atoms with Crippen molar-refractivity contribution < 1.29 is 9.59 Å². The minimum Gasteiger partial charge on any atom is -0.326 e. The lowest BCUT2D eigenvalue weighted by Gasteiger charge is -2.05. The number of benzene rings is 1. The third-order valence-electron chi connectivity index (χ3n) is 3.20. The third kappa shape index (κ3) is 2.93. The molecule has 3 nitrogen and oxygen atoms in total. The fourth-order valence-electron chi connectivity index (χ4n) is 1.71. The number of nitrogens with one attached hydrogen (secondary N) is 1. The largest absolute Gasteiger partial charge is 0.326 e. The van der Waals surface area contributed by atoms with Crippen LogP contribution in [0.15, 0.2) is 29.2 Å². The first-order chi connectivity index (χ1) is 8.72. The Morgan fingerprint density at radius 3 is 2.17 bits per heavy atom. The van der Waals surface area contributed by atoms with Crippen molar-refractivity contribution in [1.29, 1.82) is 0 Å². The van der Waals surface area contributed by atoms with Crippen LogP contribution >= 0.6 is 11.8 Å². The van der Waals surface area contributed by atoms with E-state index in [9.17, 15) is 9.59 Å². The average molecular weight is 261 g/mol. The Labute approximate surface area is 110 Å². The van der Waals surface area contributed by atoms with Crippen molar-refractivity contribution in [3.8, 4) is 0 Å². The summed E-state index contributed by atoms with van der Waals surface area (Å²) in [5, 5.41) is 3.15. The van der Waals surface area contributed by atoms with Gasteiger partial charge in [0.25, 0.3) is 0 Å². The molecule has 18 heavy (non-hydrogen) atoms. The number of rotatable bonds is 4. The zero-order valence-corrected chi connectivity index (χ0v) is 10.8. The van der Waals surface area contributed by atoms with Crippen molar-refractivity contribution in [3.05, 3.63) is 24.3 Å². The number of anilines is 1. The van der Waals surface area contributed by atoms with Crippen molar-refractivity contribution >= 4 is 28.5 Å². The highest BCUT2D eigenvalue weighted by molar-refractivity contribution is 8.13. The maximum Gasteiger partial charge on any atom is 0.227 e. The summed E-state index contributed by atoms with van der Waals surface area (Å²) >= 11 is 1.31. The topological polar surface area (TPSA) is 46.2 Å². The van der Waals surface area contributed by atoms with Gasteiger partial charge in [0.1, 0.15) is 0 Å². The van der Waals surface area contributed by atoms with Crippen LogP contribution in [0.2, 0.25) is 0 Å². The molecule has 0 atom stereocenters. The fourth-order valence-corrected chi connectivity index (χ4v) is 2.62. The predicted molar refractivity (Wildman–Crippen MR) is 71.4 cm³/mol. The summed E-state index contributed by atoms with van der Waals surface area (Å²) in [5.41, 5.74) is 0.815. The van der Waals surface area contributed by atoms with Crippen molar-refractivity contribution in [2.75, 3.05) is 5.32 Å². The molecular formula is C14H15NO2S. The molecule has 0 spiro atoms. The highest BCUT2D eigenvalue weighted by Crippen LogP contribution is 2.37. The van der Waals surface area contributed by atoms with Crippen molar-refractivity contribution in [2.24, 2.45) is 11.8 Å². The van der Waals surface area contributed by atoms with Gasteiger partial charge in [0, 0.05) is 22.4 Å². The fraction of sp³-hybridized carbons (Fsp3) is 0.429. The van der Waals surface area contributed by atoms with E-state index < -0.39 is 0 Å². The molecule has 2 aliphatic carbocycles. The van der Waals surface area contributed by atoms with E-state index in [1.54, 1.807) is 0 Å². The van der Waals surface area contributed by atoms with Crippen LogP contribution < -0.4 is 5.32 Å². The molecule has 1 amide bonds. The van der Waals surface area contributed by atoms with E-state index in [1.807, 2.05) is 24.3 Å². The minimum absolute atomic E-state index is 0.115.